The van der Waals surface area contributed by atoms with Crippen molar-refractivity contribution in [1.29, 1.82) is 0 Å². The van der Waals surface area contributed by atoms with Crippen molar-refractivity contribution in [2.75, 3.05) is 5.32 Å². The van der Waals surface area contributed by atoms with Crippen molar-refractivity contribution in [3.05, 3.63) is 51.2 Å². The summed E-state index contributed by atoms with van der Waals surface area (Å²) in [6.07, 6.45) is -4.53. The van der Waals surface area contributed by atoms with Gasteiger partial charge in [0.2, 0.25) is 0 Å². The van der Waals surface area contributed by atoms with Crippen LogP contribution in [-0.4, -0.2) is 6.03 Å². The summed E-state index contributed by atoms with van der Waals surface area (Å²) in [5, 5.41) is 4.80. The van der Waals surface area contributed by atoms with Gasteiger partial charge in [-0.3, -0.25) is 0 Å². The third-order valence-electron chi connectivity index (χ3n) is 2.85. The molecule has 0 aliphatic rings. The first kappa shape index (κ1) is 16.6. The van der Waals surface area contributed by atoms with Gasteiger partial charge in [0, 0.05) is 4.88 Å². The van der Waals surface area contributed by atoms with Gasteiger partial charge in [-0.15, -0.1) is 11.3 Å². The van der Waals surface area contributed by atoms with E-state index in [0.717, 1.165) is 10.9 Å². The number of carbonyl (C=O) groups is 1. The summed E-state index contributed by atoms with van der Waals surface area (Å²) in [5.41, 5.74) is -1.18. The molecule has 1 aromatic carbocycles. The lowest BCUT2D eigenvalue weighted by molar-refractivity contribution is -0.136. The lowest BCUT2D eigenvalue weighted by atomic mass is 10.1. The second kappa shape index (κ2) is 6.58. The second-order valence-corrected chi connectivity index (χ2v) is 6.25. The predicted molar refractivity (Wildman–Crippen MR) is 81.3 cm³/mol. The molecule has 0 spiro atoms. The Morgan fingerprint density at radius 2 is 1.91 bits per heavy atom. The number of carbonyl (C=O) groups excluding carboxylic acids is 1. The van der Waals surface area contributed by atoms with Gasteiger partial charge in [0.05, 0.1) is 21.6 Å². The highest BCUT2D eigenvalue weighted by atomic mass is 35.5. The van der Waals surface area contributed by atoms with Gasteiger partial charge in [-0.25, -0.2) is 4.79 Å². The Morgan fingerprint density at radius 3 is 2.50 bits per heavy atom. The van der Waals surface area contributed by atoms with Crippen molar-refractivity contribution in [2.45, 2.75) is 19.1 Å². The van der Waals surface area contributed by atoms with Crippen molar-refractivity contribution < 1.29 is 18.0 Å². The van der Waals surface area contributed by atoms with Crippen LogP contribution in [0.15, 0.2) is 36.4 Å². The summed E-state index contributed by atoms with van der Waals surface area (Å²) in [7, 11) is 0. The number of rotatable bonds is 3. The summed E-state index contributed by atoms with van der Waals surface area (Å²) < 4.78 is 39.1. The molecule has 1 unspecified atom stereocenters. The molecule has 1 aromatic heterocycles. The summed E-state index contributed by atoms with van der Waals surface area (Å²) in [6, 6.07) is 7.17. The van der Waals surface area contributed by atoms with E-state index < -0.39 is 17.8 Å². The third kappa shape index (κ3) is 4.14. The normalized spacial score (nSPS) is 12.8. The number of hydrogen-bond donors (Lipinski definition) is 2. The molecule has 1 atom stereocenters. The molecule has 2 aromatic rings. The van der Waals surface area contributed by atoms with Crippen LogP contribution in [0.4, 0.5) is 23.7 Å². The van der Waals surface area contributed by atoms with Crippen molar-refractivity contribution in [3.8, 4) is 0 Å². The molecule has 0 saturated heterocycles. The average Bonchev–Trinajstić information content (AvgIpc) is 2.84. The SMILES string of the molecule is CC(NC(=O)Nc1ccccc1C(F)(F)F)c1ccc(Cl)s1. The molecule has 2 N–H and O–H groups in total. The van der Waals surface area contributed by atoms with Gasteiger partial charge in [0.1, 0.15) is 0 Å². The van der Waals surface area contributed by atoms with Gasteiger partial charge >= 0.3 is 12.2 Å². The maximum Gasteiger partial charge on any atom is 0.418 e. The van der Waals surface area contributed by atoms with Gasteiger partial charge in [0.15, 0.2) is 0 Å². The van der Waals surface area contributed by atoms with E-state index in [4.69, 9.17) is 11.6 Å². The summed E-state index contributed by atoms with van der Waals surface area (Å²) in [5.74, 6) is 0. The molecule has 0 bridgehead atoms. The number of anilines is 1. The molecule has 22 heavy (non-hydrogen) atoms. The number of alkyl halides is 3. The Balaban J connectivity index is 2.07. The Hall–Kier alpha value is -1.73. The van der Waals surface area contributed by atoms with Gasteiger partial charge in [0.25, 0.3) is 0 Å². The molecular weight excluding hydrogens is 337 g/mol. The van der Waals surface area contributed by atoms with Crippen LogP contribution in [0.25, 0.3) is 0 Å². The van der Waals surface area contributed by atoms with E-state index in [0.29, 0.717) is 4.34 Å². The summed E-state index contributed by atoms with van der Waals surface area (Å²) in [6.45, 7) is 1.72. The Labute approximate surface area is 134 Å². The molecule has 0 radical (unpaired) electrons. The third-order valence-corrected chi connectivity index (χ3v) is 4.26. The van der Waals surface area contributed by atoms with Crippen molar-refractivity contribution in [1.82, 2.24) is 5.32 Å². The van der Waals surface area contributed by atoms with Crippen molar-refractivity contribution in [3.63, 3.8) is 0 Å². The second-order valence-electron chi connectivity index (χ2n) is 4.51. The molecule has 0 aliphatic carbocycles. The minimum Gasteiger partial charge on any atom is -0.331 e. The zero-order valence-corrected chi connectivity index (χ0v) is 12.9. The highest BCUT2D eigenvalue weighted by Gasteiger charge is 2.33. The number of nitrogens with one attached hydrogen (secondary N) is 2. The molecule has 118 valence electrons. The number of para-hydroxylation sites is 1. The summed E-state index contributed by atoms with van der Waals surface area (Å²) in [4.78, 5) is 12.7. The smallest absolute Gasteiger partial charge is 0.331 e. The predicted octanol–water partition coefficient (Wildman–Crippen LogP) is 5.30. The van der Waals surface area contributed by atoms with Crippen LogP contribution in [0.1, 0.15) is 23.4 Å². The molecule has 0 saturated carbocycles. The Kier molecular flexibility index (Phi) is 4.97. The molecule has 2 amide bonds. The minimum absolute atomic E-state index is 0.288. The van der Waals surface area contributed by atoms with Crippen LogP contribution in [0.3, 0.4) is 0 Å². The molecular formula is C14H12ClF3N2OS. The highest BCUT2D eigenvalue weighted by molar-refractivity contribution is 7.16. The van der Waals surface area contributed by atoms with E-state index in [9.17, 15) is 18.0 Å². The van der Waals surface area contributed by atoms with E-state index in [1.807, 2.05) is 0 Å². The molecule has 8 heteroatoms. The molecule has 0 aliphatic heterocycles. The number of thiophene rings is 1. The standard InChI is InChI=1S/C14H12ClF3N2OS/c1-8(11-6-7-12(15)22-11)19-13(21)20-10-5-3-2-4-9(10)14(16,17)18/h2-8H,1H3,(H2,19,20,21). The van der Waals surface area contributed by atoms with Gasteiger partial charge in [-0.05, 0) is 31.2 Å². The number of benzene rings is 1. The van der Waals surface area contributed by atoms with Gasteiger partial charge in [-0.2, -0.15) is 13.2 Å². The van der Waals surface area contributed by atoms with Crippen LogP contribution in [-0.2, 0) is 6.18 Å². The summed E-state index contributed by atoms with van der Waals surface area (Å²) >= 11 is 7.10. The molecule has 2 rings (SSSR count). The number of amides is 2. The molecule has 0 fully saturated rings. The maximum atomic E-state index is 12.8. The van der Waals surface area contributed by atoms with Gasteiger partial charge < -0.3 is 10.6 Å². The van der Waals surface area contributed by atoms with Crippen molar-refractivity contribution >= 4 is 34.7 Å². The first-order valence-corrected chi connectivity index (χ1v) is 7.46. The number of halogens is 4. The monoisotopic (exact) mass is 348 g/mol. The zero-order chi connectivity index (χ0) is 16.3. The molecule has 3 nitrogen and oxygen atoms in total. The zero-order valence-electron chi connectivity index (χ0n) is 11.4. The minimum atomic E-state index is -4.53. The lowest BCUT2D eigenvalue weighted by Crippen LogP contribution is -2.31. The Morgan fingerprint density at radius 1 is 1.23 bits per heavy atom. The number of urea groups is 1. The van der Waals surface area contributed by atoms with E-state index in [1.165, 1.54) is 29.5 Å². The Bertz CT molecular complexity index is 672. The van der Waals surface area contributed by atoms with Crippen LogP contribution in [0.5, 0.6) is 0 Å². The molecule has 1 heterocycles. The van der Waals surface area contributed by atoms with Crippen molar-refractivity contribution in [2.24, 2.45) is 0 Å². The van der Waals surface area contributed by atoms with E-state index >= 15 is 0 Å². The average molecular weight is 349 g/mol. The largest absolute Gasteiger partial charge is 0.418 e. The fourth-order valence-electron chi connectivity index (χ4n) is 1.83. The van der Waals surface area contributed by atoms with Crippen LogP contribution < -0.4 is 10.6 Å². The quantitative estimate of drug-likeness (QED) is 0.776. The first-order valence-electron chi connectivity index (χ1n) is 6.26. The fraction of sp³-hybridized carbons (Fsp3) is 0.214. The first-order chi connectivity index (χ1) is 10.3. The maximum absolute atomic E-state index is 12.8. The fourth-order valence-corrected chi connectivity index (χ4v) is 2.89. The van der Waals surface area contributed by atoms with E-state index in [2.05, 4.69) is 10.6 Å². The van der Waals surface area contributed by atoms with Gasteiger partial charge in [-0.1, -0.05) is 23.7 Å². The van der Waals surface area contributed by atoms with E-state index in [1.54, 1.807) is 19.1 Å². The van der Waals surface area contributed by atoms with Crippen LogP contribution in [0, 0.1) is 0 Å². The van der Waals surface area contributed by atoms with E-state index in [-0.39, 0.29) is 11.7 Å². The highest BCUT2D eigenvalue weighted by Crippen LogP contribution is 2.34. The van der Waals surface area contributed by atoms with Crippen LogP contribution in [0.2, 0.25) is 4.34 Å². The lowest BCUT2D eigenvalue weighted by Gasteiger charge is -2.16. The topological polar surface area (TPSA) is 41.1 Å². The van der Waals surface area contributed by atoms with Crippen LogP contribution >= 0.6 is 22.9 Å². The number of hydrogen-bond acceptors (Lipinski definition) is 2.